The van der Waals surface area contributed by atoms with Crippen LogP contribution in [0.1, 0.15) is 74.3 Å². The molecule has 2 atom stereocenters. The summed E-state index contributed by atoms with van der Waals surface area (Å²) in [6.07, 6.45) is 12.2. The van der Waals surface area contributed by atoms with Gasteiger partial charge in [0.1, 0.15) is 5.69 Å². The van der Waals surface area contributed by atoms with Gasteiger partial charge in [0, 0.05) is 24.8 Å². The summed E-state index contributed by atoms with van der Waals surface area (Å²) in [5.74, 6) is 0.0884. The molecule has 2 unspecified atom stereocenters. The standard InChI is InChI=1S/C17H27N3O2/c21-12-13-6-2-1-3-9-15(13)18-17(22)16-10-11-20(19-16)14-7-4-5-8-14/h10-11,13-15,21H,1-9,12H2,(H,18,22). The first-order valence-corrected chi connectivity index (χ1v) is 8.75. The Hall–Kier alpha value is -1.36. The molecule has 1 amide bonds. The molecular formula is C17H27N3O2. The SMILES string of the molecule is O=C(NC1CCCCCC1CO)c1ccn(C2CCCC2)n1. The lowest BCUT2D eigenvalue weighted by Gasteiger charge is -2.24. The normalized spacial score (nSPS) is 26.8. The van der Waals surface area contributed by atoms with Gasteiger partial charge in [-0.05, 0) is 31.7 Å². The fraction of sp³-hybridized carbons (Fsp3) is 0.765. The van der Waals surface area contributed by atoms with Crippen molar-refractivity contribution in [3.05, 3.63) is 18.0 Å². The third kappa shape index (κ3) is 3.51. The molecule has 1 aromatic heterocycles. The molecule has 2 fully saturated rings. The van der Waals surface area contributed by atoms with E-state index in [1.54, 1.807) is 0 Å². The molecule has 0 aliphatic heterocycles. The van der Waals surface area contributed by atoms with Crippen molar-refractivity contribution in [2.24, 2.45) is 5.92 Å². The van der Waals surface area contributed by atoms with Gasteiger partial charge in [0.25, 0.3) is 5.91 Å². The van der Waals surface area contributed by atoms with Crippen LogP contribution in [0.4, 0.5) is 0 Å². The van der Waals surface area contributed by atoms with E-state index in [-0.39, 0.29) is 24.5 Å². The predicted molar refractivity (Wildman–Crippen MR) is 84.6 cm³/mol. The molecule has 5 nitrogen and oxygen atoms in total. The average molecular weight is 305 g/mol. The highest BCUT2D eigenvalue weighted by molar-refractivity contribution is 5.92. The van der Waals surface area contributed by atoms with E-state index < -0.39 is 0 Å². The maximum Gasteiger partial charge on any atom is 0.272 e. The largest absolute Gasteiger partial charge is 0.396 e. The van der Waals surface area contributed by atoms with Gasteiger partial charge in [-0.1, -0.05) is 32.1 Å². The van der Waals surface area contributed by atoms with Crippen LogP contribution in [-0.2, 0) is 0 Å². The molecule has 2 saturated carbocycles. The monoisotopic (exact) mass is 305 g/mol. The van der Waals surface area contributed by atoms with Crippen molar-refractivity contribution in [3.8, 4) is 0 Å². The van der Waals surface area contributed by atoms with Crippen molar-refractivity contribution < 1.29 is 9.90 Å². The number of hydrogen-bond donors (Lipinski definition) is 2. The predicted octanol–water partition coefficient (Wildman–Crippen LogP) is 2.67. The van der Waals surface area contributed by atoms with Crippen LogP contribution < -0.4 is 5.32 Å². The summed E-state index contributed by atoms with van der Waals surface area (Å²) in [6, 6.07) is 2.36. The van der Waals surface area contributed by atoms with Gasteiger partial charge in [0.05, 0.1) is 6.04 Å². The van der Waals surface area contributed by atoms with Crippen molar-refractivity contribution in [2.75, 3.05) is 6.61 Å². The highest BCUT2D eigenvalue weighted by atomic mass is 16.3. The molecule has 22 heavy (non-hydrogen) atoms. The minimum absolute atomic E-state index is 0.0802. The molecule has 1 aromatic rings. The lowest BCUT2D eigenvalue weighted by molar-refractivity contribution is 0.0893. The molecule has 3 rings (SSSR count). The lowest BCUT2D eigenvalue weighted by Crippen LogP contribution is -2.41. The minimum atomic E-state index is -0.0953. The van der Waals surface area contributed by atoms with Gasteiger partial charge >= 0.3 is 0 Å². The number of aliphatic hydroxyl groups excluding tert-OH is 1. The Labute approximate surface area is 132 Å². The Bertz CT molecular complexity index is 494. The van der Waals surface area contributed by atoms with Crippen LogP contribution in [-0.4, -0.2) is 33.4 Å². The van der Waals surface area contributed by atoms with Gasteiger partial charge < -0.3 is 10.4 Å². The molecule has 1 heterocycles. The molecule has 2 aliphatic rings. The fourth-order valence-corrected chi connectivity index (χ4v) is 3.87. The Morgan fingerprint density at radius 3 is 2.68 bits per heavy atom. The highest BCUT2D eigenvalue weighted by Crippen LogP contribution is 2.29. The number of nitrogens with one attached hydrogen (secondary N) is 1. The number of rotatable bonds is 4. The van der Waals surface area contributed by atoms with Gasteiger partial charge in [-0.2, -0.15) is 5.10 Å². The first-order chi connectivity index (χ1) is 10.8. The van der Waals surface area contributed by atoms with E-state index in [4.69, 9.17) is 0 Å². The van der Waals surface area contributed by atoms with E-state index in [0.717, 1.165) is 38.5 Å². The summed E-state index contributed by atoms with van der Waals surface area (Å²) in [7, 11) is 0. The zero-order valence-electron chi connectivity index (χ0n) is 13.2. The van der Waals surface area contributed by atoms with Gasteiger partial charge in [-0.3, -0.25) is 9.48 Å². The summed E-state index contributed by atoms with van der Waals surface area (Å²) in [5.41, 5.74) is 0.507. The van der Waals surface area contributed by atoms with Crippen LogP contribution in [0.2, 0.25) is 0 Å². The van der Waals surface area contributed by atoms with Crippen LogP contribution in [0.3, 0.4) is 0 Å². The molecule has 0 spiro atoms. The van der Waals surface area contributed by atoms with Crippen molar-refractivity contribution in [1.82, 2.24) is 15.1 Å². The maximum atomic E-state index is 12.4. The third-order valence-corrected chi connectivity index (χ3v) is 5.25. The Kier molecular flexibility index (Phi) is 5.13. The van der Waals surface area contributed by atoms with Gasteiger partial charge in [-0.25, -0.2) is 0 Å². The van der Waals surface area contributed by atoms with E-state index in [0.29, 0.717) is 11.7 Å². The van der Waals surface area contributed by atoms with E-state index in [9.17, 15) is 9.90 Å². The number of carbonyl (C=O) groups excluding carboxylic acids is 1. The number of aliphatic hydroxyl groups is 1. The van der Waals surface area contributed by atoms with Crippen LogP contribution in [0.15, 0.2) is 12.3 Å². The second-order valence-electron chi connectivity index (χ2n) is 6.78. The maximum absolute atomic E-state index is 12.4. The van der Waals surface area contributed by atoms with Crippen LogP contribution >= 0.6 is 0 Å². The summed E-state index contributed by atoms with van der Waals surface area (Å²) in [5, 5.41) is 17.1. The van der Waals surface area contributed by atoms with Gasteiger partial charge in [0.2, 0.25) is 0 Å². The number of hydrogen-bond acceptors (Lipinski definition) is 3. The fourth-order valence-electron chi connectivity index (χ4n) is 3.87. The Morgan fingerprint density at radius 2 is 1.91 bits per heavy atom. The zero-order chi connectivity index (χ0) is 15.4. The molecule has 2 aliphatic carbocycles. The first kappa shape index (κ1) is 15.5. The Balaban J connectivity index is 1.63. The van der Waals surface area contributed by atoms with E-state index in [2.05, 4.69) is 10.4 Å². The summed E-state index contributed by atoms with van der Waals surface area (Å²) < 4.78 is 1.96. The minimum Gasteiger partial charge on any atom is -0.396 e. The topological polar surface area (TPSA) is 67.2 Å². The molecule has 0 radical (unpaired) electrons. The lowest BCUT2D eigenvalue weighted by atomic mass is 9.95. The van der Waals surface area contributed by atoms with Gasteiger partial charge in [-0.15, -0.1) is 0 Å². The quantitative estimate of drug-likeness (QED) is 0.840. The van der Waals surface area contributed by atoms with Crippen molar-refractivity contribution in [3.63, 3.8) is 0 Å². The van der Waals surface area contributed by atoms with Crippen molar-refractivity contribution >= 4 is 5.91 Å². The van der Waals surface area contributed by atoms with E-state index in [1.807, 2.05) is 16.9 Å². The highest BCUT2D eigenvalue weighted by Gasteiger charge is 2.26. The van der Waals surface area contributed by atoms with Gasteiger partial charge in [0.15, 0.2) is 0 Å². The summed E-state index contributed by atoms with van der Waals surface area (Å²) in [6.45, 7) is 0.154. The summed E-state index contributed by atoms with van der Waals surface area (Å²) >= 11 is 0. The molecule has 0 saturated heterocycles. The summed E-state index contributed by atoms with van der Waals surface area (Å²) in [4.78, 5) is 12.4. The number of amides is 1. The molecule has 122 valence electrons. The van der Waals surface area contributed by atoms with Crippen LogP contribution in [0.25, 0.3) is 0 Å². The number of carbonyl (C=O) groups is 1. The van der Waals surface area contributed by atoms with E-state index >= 15 is 0 Å². The van der Waals surface area contributed by atoms with Crippen LogP contribution in [0, 0.1) is 5.92 Å². The Morgan fingerprint density at radius 1 is 1.18 bits per heavy atom. The second kappa shape index (κ2) is 7.27. The zero-order valence-corrected chi connectivity index (χ0v) is 13.2. The molecule has 5 heteroatoms. The first-order valence-electron chi connectivity index (χ1n) is 8.75. The smallest absolute Gasteiger partial charge is 0.272 e. The van der Waals surface area contributed by atoms with Crippen molar-refractivity contribution in [1.29, 1.82) is 0 Å². The molecule has 2 N–H and O–H groups in total. The average Bonchev–Trinajstić information content (AvgIpc) is 3.16. The van der Waals surface area contributed by atoms with Crippen LogP contribution in [0.5, 0.6) is 0 Å². The molecular weight excluding hydrogens is 278 g/mol. The van der Waals surface area contributed by atoms with E-state index in [1.165, 1.54) is 19.3 Å². The number of nitrogens with zero attached hydrogens (tertiary/aromatic N) is 2. The third-order valence-electron chi connectivity index (χ3n) is 5.25. The number of aromatic nitrogens is 2. The molecule has 0 aromatic carbocycles. The molecule has 0 bridgehead atoms. The van der Waals surface area contributed by atoms with Crippen molar-refractivity contribution in [2.45, 2.75) is 69.9 Å². The second-order valence-corrected chi connectivity index (χ2v) is 6.78.